The molecule has 10 rings (SSSR count). The maximum atomic E-state index is 6.57. The molecule has 1 aliphatic heterocycles. The standard InChI is InChI=1S/C35H26N2O/c1-2-8-20(9-3-1)32-24-10-4-6-12-27(24)36-33(37-32)21-14-15-29-26(16-21)35(25-11-5-7-13-28(25)38-29)30-18-22-17-23-19-31(35)34(22,23)30/h1-16,22-23,30-31H,17-19H2/t22-,23?,30+,31-,34?,35?/m1/s1. The molecule has 4 aliphatic carbocycles. The average molecular weight is 491 g/mol. The molecule has 1 aromatic heterocycles. The van der Waals surface area contributed by atoms with E-state index in [1.54, 1.807) is 0 Å². The smallest absolute Gasteiger partial charge is 0.160 e. The summed E-state index contributed by atoms with van der Waals surface area (Å²) in [6.07, 6.45) is 4.21. The number of benzene rings is 4. The molecule has 6 atom stereocenters. The minimum Gasteiger partial charge on any atom is -0.457 e. The summed E-state index contributed by atoms with van der Waals surface area (Å²) in [7, 11) is 0. The summed E-state index contributed by atoms with van der Waals surface area (Å²) in [4.78, 5) is 10.3. The van der Waals surface area contributed by atoms with Gasteiger partial charge >= 0.3 is 0 Å². The number of hydrogen-bond acceptors (Lipinski definition) is 3. The first kappa shape index (κ1) is 20.0. The largest absolute Gasteiger partial charge is 0.457 e. The Bertz CT molecular complexity index is 1800. The van der Waals surface area contributed by atoms with Crippen LogP contribution in [0.25, 0.3) is 33.5 Å². The van der Waals surface area contributed by atoms with Crippen molar-refractivity contribution >= 4 is 10.9 Å². The third kappa shape index (κ3) is 2.04. The van der Waals surface area contributed by atoms with Gasteiger partial charge in [-0.3, -0.25) is 0 Å². The lowest BCUT2D eigenvalue weighted by Crippen LogP contribution is -2.89. The molecule has 3 nitrogen and oxygen atoms in total. The van der Waals surface area contributed by atoms with Crippen molar-refractivity contribution in [3.8, 4) is 34.1 Å². The van der Waals surface area contributed by atoms with Crippen LogP contribution in [-0.4, -0.2) is 9.97 Å². The van der Waals surface area contributed by atoms with E-state index >= 15 is 0 Å². The Kier molecular flexibility index (Phi) is 3.44. The molecular weight excluding hydrogens is 464 g/mol. The second-order valence-electron chi connectivity index (χ2n) is 12.2. The van der Waals surface area contributed by atoms with Crippen LogP contribution in [-0.2, 0) is 5.41 Å². The van der Waals surface area contributed by atoms with Gasteiger partial charge in [0, 0.05) is 33.1 Å². The molecule has 4 aromatic carbocycles. The SMILES string of the molecule is c1ccc(-c2nc(-c3ccc4c(c3)C3(c5ccccc5O4)[C@H]4C[C@H]5CC6C[C@@H]3C654)nc3ccccc23)cc1. The van der Waals surface area contributed by atoms with Crippen LogP contribution in [0.2, 0.25) is 0 Å². The van der Waals surface area contributed by atoms with Gasteiger partial charge in [-0.2, -0.15) is 0 Å². The fraction of sp³-hybridized carbons (Fsp3) is 0.257. The number of nitrogens with zero attached hydrogens (tertiary/aromatic N) is 2. The summed E-state index contributed by atoms with van der Waals surface area (Å²) in [5, 5.41) is 1.08. The zero-order valence-electron chi connectivity index (χ0n) is 21.0. The fourth-order valence-corrected chi connectivity index (χ4v) is 9.88. The van der Waals surface area contributed by atoms with E-state index in [2.05, 4.69) is 97.1 Å². The second-order valence-corrected chi connectivity index (χ2v) is 12.2. The van der Waals surface area contributed by atoms with Gasteiger partial charge in [0.1, 0.15) is 11.5 Å². The molecule has 5 aliphatic rings. The summed E-state index contributed by atoms with van der Waals surface area (Å²) in [6, 6.07) is 34.4. The number of fused-ring (bicyclic) bond motifs is 7. The van der Waals surface area contributed by atoms with E-state index in [1.165, 1.54) is 30.4 Å². The Morgan fingerprint density at radius 1 is 0.632 bits per heavy atom. The molecule has 3 heteroatoms. The predicted molar refractivity (Wildman–Crippen MR) is 148 cm³/mol. The first-order valence-corrected chi connectivity index (χ1v) is 14.0. The zero-order chi connectivity index (χ0) is 24.6. The molecule has 0 amide bonds. The van der Waals surface area contributed by atoms with Gasteiger partial charge in [0.05, 0.1) is 11.2 Å². The monoisotopic (exact) mass is 490 g/mol. The van der Waals surface area contributed by atoms with Crippen molar-refractivity contribution in [2.75, 3.05) is 0 Å². The van der Waals surface area contributed by atoms with Crippen LogP contribution < -0.4 is 4.74 Å². The second kappa shape index (κ2) is 6.53. The summed E-state index contributed by atoms with van der Waals surface area (Å²) in [6.45, 7) is 0. The number of hydrogen-bond donors (Lipinski definition) is 0. The highest BCUT2D eigenvalue weighted by Gasteiger charge is 2.90. The molecule has 4 fully saturated rings. The summed E-state index contributed by atoms with van der Waals surface area (Å²) in [5.74, 6) is 6.30. The molecule has 0 N–H and O–H groups in total. The van der Waals surface area contributed by atoms with Gasteiger partial charge < -0.3 is 4.74 Å². The molecule has 38 heavy (non-hydrogen) atoms. The molecule has 2 spiro atoms. The van der Waals surface area contributed by atoms with Crippen molar-refractivity contribution in [2.24, 2.45) is 29.1 Å². The van der Waals surface area contributed by atoms with Crippen LogP contribution in [0, 0.1) is 29.1 Å². The van der Waals surface area contributed by atoms with Gasteiger partial charge in [-0.1, -0.05) is 66.7 Å². The van der Waals surface area contributed by atoms with E-state index in [-0.39, 0.29) is 5.41 Å². The molecular formula is C35H26N2O. The van der Waals surface area contributed by atoms with Crippen LogP contribution in [0.15, 0.2) is 97.1 Å². The summed E-state index contributed by atoms with van der Waals surface area (Å²) < 4.78 is 6.57. The topological polar surface area (TPSA) is 35.0 Å². The van der Waals surface area contributed by atoms with Crippen LogP contribution >= 0.6 is 0 Å². The van der Waals surface area contributed by atoms with E-state index in [4.69, 9.17) is 14.7 Å². The lowest BCUT2D eigenvalue weighted by Gasteiger charge is -2.92. The molecule has 2 heterocycles. The zero-order valence-corrected chi connectivity index (χ0v) is 21.0. The molecule has 5 aromatic rings. The average Bonchev–Trinajstić information content (AvgIpc) is 2.93. The minimum atomic E-state index is 0.0761. The Morgan fingerprint density at radius 3 is 2.21 bits per heavy atom. The molecule has 0 radical (unpaired) electrons. The maximum absolute atomic E-state index is 6.57. The van der Waals surface area contributed by atoms with Crippen molar-refractivity contribution < 1.29 is 4.74 Å². The Labute approximate surface area is 221 Å². The van der Waals surface area contributed by atoms with Gasteiger partial charge in [0.2, 0.25) is 0 Å². The van der Waals surface area contributed by atoms with Crippen molar-refractivity contribution in [1.29, 1.82) is 0 Å². The summed E-state index contributed by atoms with van der Waals surface area (Å²) in [5.41, 5.74) is 7.66. The third-order valence-corrected chi connectivity index (χ3v) is 11.2. The van der Waals surface area contributed by atoms with Crippen LogP contribution in [0.4, 0.5) is 0 Å². The fourth-order valence-electron chi connectivity index (χ4n) is 9.88. The van der Waals surface area contributed by atoms with Gasteiger partial charge in [-0.25, -0.2) is 9.97 Å². The molecule has 182 valence electrons. The summed E-state index contributed by atoms with van der Waals surface area (Å²) >= 11 is 0. The lowest BCUT2D eigenvalue weighted by molar-refractivity contribution is -0.413. The first-order chi connectivity index (χ1) is 18.8. The first-order valence-electron chi connectivity index (χ1n) is 14.0. The van der Waals surface area contributed by atoms with Crippen molar-refractivity contribution in [1.82, 2.24) is 9.97 Å². The molecule has 3 unspecified atom stereocenters. The van der Waals surface area contributed by atoms with Gasteiger partial charge in [-0.05, 0) is 78.7 Å². The van der Waals surface area contributed by atoms with Crippen molar-refractivity contribution in [3.05, 3.63) is 108 Å². The predicted octanol–water partition coefficient (Wildman–Crippen LogP) is 8.03. The number of ether oxygens (including phenoxy) is 1. The minimum absolute atomic E-state index is 0.0761. The van der Waals surface area contributed by atoms with Gasteiger partial charge in [0.15, 0.2) is 5.82 Å². The van der Waals surface area contributed by atoms with E-state index in [0.717, 1.165) is 68.7 Å². The lowest BCUT2D eigenvalue weighted by atomic mass is 9.11. The Balaban J connectivity index is 1.19. The number of rotatable bonds is 2. The Hall–Kier alpha value is -3.98. The molecule has 0 bridgehead atoms. The maximum Gasteiger partial charge on any atom is 0.160 e. The highest BCUT2D eigenvalue weighted by atomic mass is 16.5. The highest BCUT2D eigenvalue weighted by Crippen LogP contribution is 2.94. The van der Waals surface area contributed by atoms with Crippen molar-refractivity contribution in [3.63, 3.8) is 0 Å². The van der Waals surface area contributed by atoms with E-state index < -0.39 is 0 Å². The van der Waals surface area contributed by atoms with E-state index in [0.29, 0.717) is 5.41 Å². The van der Waals surface area contributed by atoms with Crippen LogP contribution in [0.5, 0.6) is 11.5 Å². The van der Waals surface area contributed by atoms with Gasteiger partial charge in [0.25, 0.3) is 0 Å². The van der Waals surface area contributed by atoms with Crippen LogP contribution in [0.1, 0.15) is 30.4 Å². The van der Waals surface area contributed by atoms with E-state index in [9.17, 15) is 0 Å². The van der Waals surface area contributed by atoms with E-state index in [1.807, 2.05) is 0 Å². The van der Waals surface area contributed by atoms with Crippen LogP contribution in [0.3, 0.4) is 0 Å². The van der Waals surface area contributed by atoms with Crippen molar-refractivity contribution in [2.45, 2.75) is 24.7 Å². The normalized spacial score (nSPS) is 32.3. The molecule has 0 saturated heterocycles. The number of aromatic nitrogens is 2. The van der Waals surface area contributed by atoms with Gasteiger partial charge in [-0.15, -0.1) is 0 Å². The number of para-hydroxylation sites is 2. The molecule has 4 saturated carbocycles. The third-order valence-electron chi connectivity index (χ3n) is 11.2. The Morgan fingerprint density at radius 2 is 1.37 bits per heavy atom. The quantitative estimate of drug-likeness (QED) is 0.251. The highest BCUT2D eigenvalue weighted by molar-refractivity contribution is 5.93.